The van der Waals surface area contributed by atoms with Gasteiger partial charge in [0, 0.05) is 19.3 Å². The molecule has 0 aliphatic heterocycles. The van der Waals surface area contributed by atoms with Crippen LogP contribution in [0.4, 0.5) is 0 Å². The van der Waals surface area contributed by atoms with Gasteiger partial charge in [-0.3, -0.25) is 14.4 Å². The van der Waals surface area contributed by atoms with E-state index in [1.165, 1.54) is 0 Å². The molecule has 0 aromatic heterocycles. The molecule has 0 amide bonds. The number of hydrogen-bond donors (Lipinski definition) is 0. The third kappa shape index (κ3) is 2.43. The fourth-order valence-corrected chi connectivity index (χ4v) is 1.80. The molecule has 15 heavy (non-hydrogen) atoms. The van der Waals surface area contributed by atoms with Crippen molar-refractivity contribution < 1.29 is 19.1 Å². The largest absolute Gasteiger partial charge is 0.466 e. The normalized spacial score (nSPS) is 19.3. The number of esters is 1. The smallest absolute Gasteiger partial charge is 0.305 e. The topological polar surface area (TPSA) is 60.4 Å². The van der Waals surface area contributed by atoms with Crippen molar-refractivity contribution in [2.24, 2.45) is 5.41 Å². The number of Topliss-reactive ketones (excluding diaryl/α,β-unsaturated/α-hetero) is 2. The third-order valence-electron chi connectivity index (χ3n) is 2.94. The summed E-state index contributed by atoms with van der Waals surface area (Å²) >= 11 is 0. The summed E-state index contributed by atoms with van der Waals surface area (Å²) in [6.07, 6.45) is 1.06. The van der Waals surface area contributed by atoms with Crippen LogP contribution in [0.3, 0.4) is 0 Å². The quantitative estimate of drug-likeness (QED) is 0.520. The lowest BCUT2D eigenvalue weighted by Crippen LogP contribution is -2.30. The Morgan fingerprint density at radius 1 is 1.33 bits per heavy atom. The van der Waals surface area contributed by atoms with Crippen molar-refractivity contribution in [1.29, 1.82) is 0 Å². The number of carbonyl (C=O) groups is 3. The first kappa shape index (κ1) is 11.9. The zero-order valence-corrected chi connectivity index (χ0v) is 9.17. The molecule has 1 saturated carbocycles. The van der Waals surface area contributed by atoms with Gasteiger partial charge in [-0.1, -0.05) is 0 Å². The molecule has 0 N–H and O–H groups in total. The molecule has 1 fully saturated rings. The molecule has 0 bridgehead atoms. The first-order chi connectivity index (χ1) is 7.00. The van der Waals surface area contributed by atoms with Crippen molar-refractivity contribution in [3.8, 4) is 0 Å². The van der Waals surface area contributed by atoms with Crippen LogP contribution < -0.4 is 0 Å². The molecule has 0 aromatic rings. The summed E-state index contributed by atoms with van der Waals surface area (Å²) in [6, 6.07) is 0. The molecule has 1 aliphatic carbocycles. The molecule has 0 radical (unpaired) electrons. The number of ether oxygens (including phenoxy) is 1. The molecule has 84 valence electrons. The molecule has 0 heterocycles. The Morgan fingerprint density at radius 2 is 1.87 bits per heavy atom. The van der Waals surface area contributed by atoms with E-state index in [2.05, 4.69) is 0 Å². The van der Waals surface area contributed by atoms with Gasteiger partial charge in [0.2, 0.25) is 0 Å². The Morgan fingerprint density at radius 3 is 2.33 bits per heavy atom. The fraction of sp³-hybridized carbons (Fsp3) is 0.727. The van der Waals surface area contributed by atoms with E-state index in [9.17, 15) is 14.4 Å². The van der Waals surface area contributed by atoms with Crippen molar-refractivity contribution in [2.75, 3.05) is 6.61 Å². The molecule has 1 rings (SSSR count). The molecule has 4 nitrogen and oxygen atoms in total. The maximum atomic E-state index is 11.5. The predicted molar refractivity (Wildman–Crippen MR) is 53.2 cm³/mol. The van der Waals surface area contributed by atoms with Crippen molar-refractivity contribution in [2.45, 2.75) is 39.5 Å². The monoisotopic (exact) mass is 212 g/mol. The Labute approximate surface area is 89.0 Å². The summed E-state index contributed by atoms with van der Waals surface area (Å²) in [5.41, 5.74) is -0.938. The third-order valence-corrected chi connectivity index (χ3v) is 2.94. The zero-order valence-electron chi connectivity index (χ0n) is 9.17. The molecule has 1 aliphatic rings. The van der Waals surface area contributed by atoms with E-state index < -0.39 is 5.41 Å². The van der Waals surface area contributed by atoms with Gasteiger partial charge in [-0.05, 0) is 20.3 Å². The van der Waals surface area contributed by atoms with Gasteiger partial charge in [-0.15, -0.1) is 0 Å². The van der Waals surface area contributed by atoms with Gasteiger partial charge in [-0.2, -0.15) is 0 Å². The van der Waals surface area contributed by atoms with Gasteiger partial charge in [0.05, 0.1) is 12.0 Å². The van der Waals surface area contributed by atoms with Crippen LogP contribution in [0.5, 0.6) is 0 Å². The fourth-order valence-electron chi connectivity index (χ4n) is 1.80. The highest BCUT2D eigenvalue weighted by Crippen LogP contribution is 2.35. The highest BCUT2D eigenvalue weighted by Gasteiger charge is 2.44. The van der Waals surface area contributed by atoms with Crippen LogP contribution in [0.15, 0.2) is 0 Å². The van der Waals surface area contributed by atoms with Crippen LogP contribution in [-0.4, -0.2) is 24.1 Å². The second kappa shape index (κ2) is 4.55. The van der Waals surface area contributed by atoms with E-state index in [0.717, 1.165) is 0 Å². The van der Waals surface area contributed by atoms with Crippen molar-refractivity contribution in [1.82, 2.24) is 0 Å². The highest BCUT2D eigenvalue weighted by molar-refractivity contribution is 6.12. The van der Waals surface area contributed by atoms with E-state index in [1.54, 1.807) is 13.8 Å². The lowest BCUT2D eigenvalue weighted by Gasteiger charge is -2.19. The number of rotatable bonds is 4. The minimum absolute atomic E-state index is 0.0446. The van der Waals surface area contributed by atoms with Gasteiger partial charge in [-0.25, -0.2) is 0 Å². The summed E-state index contributed by atoms with van der Waals surface area (Å²) in [6.45, 7) is 3.69. The second-order valence-electron chi connectivity index (χ2n) is 3.98. The van der Waals surface area contributed by atoms with Crippen molar-refractivity contribution >= 4 is 17.5 Å². The van der Waals surface area contributed by atoms with Crippen LogP contribution in [0.25, 0.3) is 0 Å². The van der Waals surface area contributed by atoms with Gasteiger partial charge in [0.1, 0.15) is 11.6 Å². The minimum Gasteiger partial charge on any atom is -0.466 e. The molecule has 0 saturated heterocycles. The average Bonchev–Trinajstić information content (AvgIpc) is 2.44. The number of ketones is 2. The van der Waals surface area contributed by atoms with Crippen LogP contribution in [0, 0.1) is 5.41 Å². The molecular formula is C11H16O4. The summed E-state index contributed by atoms with van der Waals surface area (Å²) in [5, 5.41) is 0. The number of carbonyl (C=O) groups excluding carboxylic acids is 3. The van der Waals surface area contributed by atoms with Gasteiger partial charge < -0.3 is 4.74 Å². The molecule has 0 unspecified atom stereocenters. The summed E-state index contributed by atoms with van der Waals surface area (Å²) in [4.78, 5) is 34.1. The van der Waals surface area contributed by atoms with E-state index >= 15 is 0 Å². The van der Waals surface area contributed by atoms with E-state index in [-0.39, 0.29) is 30.4 Å². The standard InChI is InChI=1S/C11H16O4/c1-3-15-10(14)6-7-11(2)8(12)4-5-9(11)13/h3-7H2,1-2H3. The lowest BCUT2D eigenvalue weighted by molar-refractivity contribution is -0.144. The molecular weight excluding hydrogens is 196 g/mol. The average molecular weight is 212 g/mol. The van der Waals surface area contributed by atoms with Crippen molar-refractivity contribution in [3.05, 3.63) is 0 Å². The van der Waals surface area contributed by atoms with Gasteiger partial charge in [0.15, 0.2) is 0 Å². The molecule has 0 atom stereocenters. The van der Waals surface area contributed by atoms with Crippen LogP contribution in [0.1, 0.15) is 39.5 Å². The summed E-state index contributed by atoms with van der Waals surface area (Å²) in [7, 11) is 0. The van der Waals surface area contributed by atoms with E-state index in [1.807, 2.05) is 0 Å². The Hall–Kier alpha value is -1.19. The molecule has 0 spiro atoms. The maximum Gasteiger partial charge on any atom is 0.305 e. The Balaban J connectivity index is 2.53. The first-order valence-corrected chi connectivity index (χ1v) is 5.23. The summed E-state index contributed by atoms with van der Waals surface area (Å²) in [5.74, 6) is -0.431. The van der Waals surface area contributed by atoms with Crippen molar-refractivity contribution in [3.63, 3.8) is 0 Å². The zero-order chi connectivity index (χ0) is 11.5. The highest BCUT2D eigenvalue weighted by atomic mass is 16.5. The predicted octanol–water partition coefficient (Wildman–Crippen LogP) is 1.27. The number of hydrogen-bond acceptors (Lipinski definition) is 4. The summed E-state index contributed by atoms with van der Waals surface area (Å²) < 4.78 is 4.76. The lowest BCUT2D eigenvalue weighted by atomic mass is 9.82. The van der Waals surface area contributed by atoms with Gasteiger partial charge >= 0.3 is 5.97 Å². The second-order valence-corrected chi connectivity index (χ2v) is 3.98. The van der Waals surface area contributed by atoms with Crippen LogP contribution in [-0.2, 0) is 19.1 Å². The minimum atomic E-state index is -0.938. The molecule has 0 aromatic carbocycles. The maximum absolute atomic E-state index is 11.5. The Bertz CT molecular complexity index is 277. The molecule has 4 heteroatoms. The van der Waals surface area contributed by atoms with E-state index in [4.69, 9.17) is 4.74 Å². The van der Waals surface area contributed by atoms with Gasteiger partial charge in [0.25, 0.3) is 0 Å². The SMILES string of the molecule is CCOC(=O)CCC1(C)C(=O)CCC1=O. The van der Waals surface area contributed by atoms with Crippen LogP contribution >= 0.6 is 0 Å². The van der Waals surface area contributed by atoms with Crippen LogP contribution in [0.2, 0.25) is 0 Å². The van der Waals surface area contributed by atoms with E-state index in [0.29, 0.717) is 19.4 Å². The Kier molecular flexibility index (Phi) is 3.61. The first-order valence-electron chi connectivity index (χ1n) is 5.23.